The number of carbonyl (C=O) groups is 1. The van der Waals surface area contributed by atoms with Gasteiger partial charge in [0.1, 0.15) is 17.9 Å². The van der Waals surface area contributed by atoms with Crippen molar-refractivity contribution in [2.75, 3.05) is 6.61 Å². The monoisotopic (exact) mass is 529 g/mol. The van der Waals surface area contributed by atoms with Crippen LogP contribution in [0.15, 0.2) is 42.6 Å². The second-order valence-corrected chi connectivity index (χ2v) is 9.08. The quantitative estimate of drug-likeness (QED) is 0.148. The van der Waals surface area contributed by atoms with Gasteiger partial charge < -0.3 is 13.9 Å². The van der Waals surface area contributed by atoms with E-state index in [1.807, 2.05) is 0 Å². The van der Waals surface area contributed by atoms with E-state index in [9.17, 15) is 31.1 Å². The molecular weight excluding hydrogens is 512 g/mol. The molecule has 194 valence electrons. The maximum absolute atomic E-state index is 14.5. The van der Waals surface area contributed by atoms with Crippen LogP contribution in [0.4, 0.5) is 26.3 Å². The van der Waals surface area contributed by atoms with E-state index in [0.717, 1.165) is 6.07 Å². The Morgan fingerprint density at radius 1 is 1.08 bits per heavy atom. The predicted octanol–water partition coefficient (Wildman–Crippen LogP) is 6.56. The molecule has 6 rings (SSSR count). The van der Waals surface area contributed by atoms with Crippen molar-refractivity contribution >= 4 is 27.7 Å². The first-order valence-corrected chi connectivity index (χ1v) is 11.5. The van der Waals surface area contributed by atoms with Crippen LogP contribution < -0.4 is 4.74 Å². The first kappa shape index (κ1) is 24.1. The van der Waals surface area contributed by atoms with Crippen molar-refractivity contribution in [2.45, 2.75) is 19.6 Å². The topological polar surface area (TPSA) is 49.0 Å². The summed E-state index contributed by atoms with van der Waals surface area (Å²) in [5, 5.41) is 0.274. The van der Waals surface area contributed by atoms with Gasteiger partial charge in [0.2, 0.25) is 0 Å². The van der Waals surface area contributed by atoms with Gasteiger partial charge in [0.05, 0.1) is 23.1 Å². The van der Waals surface area contributed by atoms with Crippen molar-refractivity contribution in [3.05, 3.63) is 82.6 Å². The molecule has 1 aliphatic heterocycles. The third-order valence-electron chi connectivity index (χ3n) is 6.90. The summed E-state index contributed by atoms with van der Waals surface area (Å²) in [5.41, 5.74) is -0.568. The lowest BCUT2D eigenvalue weighted by molar-refractivity contribution is -0.137. The Kier molecular flexibility index (Phi) is 5.14. The first-order valence-electron chi connectivity index (χ1n) is 11.5. The van der Waals surface area contributed by atoms with Crippen molar-refractivity contribution in [1.82, 2.24) is 14.1 Å². The molecule has 2 aromatic heterocycles. The number of carbonyl (C=O) groups excluding carboxylic acids is 1. The Bertz CT molecular complexity index is 1790. The van der Waals surface area contributed by atoms with E-state index < -0.39 is 40.5 Å². The number of fused-ring (bicyclic) bond motifs is 4. The van der Waals surface area contributed by atoms with Crippen LogP contribution in [0.25, 0.3) is 33.1 Å². The molecule has 0 saturated heterocycles. The van der Waals surface area contributed by atoms with Crippen LogP contribution in [-0.4, -0.2) is 26.5 Å². The Hall–Kier alpha value is -4.28. The maximum atomic E-state index is 14.5. The molecule has 1 aliphatic rings. The summed E-state index contributed by atoms with van der Waals surface area (Å²) in [6.07, 6.45) is -3.35. The van der Waals surface area contributed by atoms with Crippen molar-refractivity contribution in [3.63, 3.8) is 0 Å². The highest BCUT2D eigenvalue weighted by Crippen LogP contribution is 2.49. The maximum Gasteiger partial charge on any atom is 0.417 e. The molecular formula is C27H17F6N3O2. The van der Waals surface area contributed by atoms with Crippen LogP contribution in [-0.2, 0) is 19.8 Å². The zero-order valence-electron chi connectivity index (χ0n) is 19.9. The molecule has 0 aliphatic carbocycles. The van der Waals surface area contributed by atoms with E-state index in [1.54, 1.807) is 23.1 Å². The van der Waals surface area contributed by atoms with E-state index >= 15 is 0 Å². The van der Waals surface area contributed by atoms with Crippen LogP contribution in [0, 0.1) is 24.4 Å². The lowest BCUT2D eigenvalue weighted by Gasteiger charge is -2.22. The number of ketones is 1. The molecule has 0 radical (unpaired) electrons. The number of rotatable bonds is 2. The summed E-state index contributed by atoms with van der Waals surface area (Å²) in [4.78, 5) is 17.7. The fourth-order valence-electron chi connectivity index (χ4n) is 5.05. The minimum absolute atomic E-state index is 0.000902. The minimum atomic E-state index is -4.75. The fraction of sp³-hybridized carbons (Fsp3) is 0.185. The van der Waals surface area contributed by atoms with Gasteiger partial charge in [-0.05, 0) is 25.1 Å². The van der Waals surface area contributed by atoms with Gasteiger partial charge in [-0.3, -0.25) is 4.79 Å². The average molecular weight is 529 g/mol. The number of ether oxygens (including phenoxy) is 1. The van der Waals surface area contributed by atoms with Gasteiger partial charge in [-0.15, -0.1) is 0 Å². The van der Waals surface area contributed by atoms with Gasteiger partial charge in [0, 0.05) is 40.9 Å². The van der Waals surface area contributed by atoms with Gasteiger partial charge in [-0.2, -0.15) is 13.2 Å². The smallest absolute Gasteiger partial charge is 0.417 e. The molecule has 0 spiro atoms. The molecule has 11 heteroatoms. The second kappa shape index (κ2) is 8.11. The summed E-state index contributed by atoms with van der Waals surface area (Å²) in [6.45, 7) is 1.80. The molecule has 0 amide bonds. The van der Waals surface area contributed by atoms with Crippen LogP contribution in [0.1, 0.15) is 27.3 Å². The Morgan fingerprint density at radius 2 is 1.79 bits per heavy atom. The summed E-state index contributed by atoms with van der Waals surface area (Å²) < 4.78 is 93.6. The highest BCUT2D eigenvalue weighted by atomic mass is 19.4. The number of nitrogens with zero attached hydrogens (tertiary/aromatic N) is 3. The summed E-state index contributed by atoms with van der Waals surface area (Å²) in [6, 6.07) is 6.73. The number of imidazole rings is 1. The molecule has 0 fully saturated rings. The highest BCUT2D eigenvalue weighted by molar-refractivity contribution is 6.18. The third-order valence-corrected chi connectivity index (χ3v) is 6.90. The number of halogens is 6. The normalized spacial score (nSPS) is 13.4. The molecule has 0 saturated carbocycles. The Morgan fingerprint density at radius 3 is 2.47 bits per heavy atom. The molecule has 5 aromatic rings. The lowest BCUT2D eigenvalue weighted by atomic mass is 9.93. The molecule has 3 aromatic carbocycles. The van der Waals surface area contributed by atoms with Crippen LogP contribution >= 0.6 is 0 Å². The number of benzene rings is 3. The number of hydrogen-bond acceptors (Lipinski definition) is 3. The molecule has 0 bridgehead atoms. The van der Waals surface area contributed by atoms with Crippen molar-refractivity contribution in [1.29, 1.82) is 0 Å². The summed E-state index contributed by atoms with van der Waals surface area (Å²) in [7, 11) is 1.62. The van der Waals surface area contributed by atoms with Crippen LogP contribution in [0.3, 0.4) is 0 Å². The van der Waals surface area contributed by atoms with Gasteiger partial charge in [0.25, 0.3) is 0 Å². The summed E-state index contributed by atoms with van der Waals surface area (Å²) >= 11 is 0. The number of hydrogen-bond donors (Lipinski definition) is 0. The van der Waals surface area contributed by atoms with Gasteiger partial charge >= 0.3 is 6.18 Å². The Labute approximate surface area is 210 Å². The van der Waals surface area contributed by atoms with Gasteiger partial charge in [0.15, 0.2) is 29.0 Å². The predicted molar refractivity (Wildman–Crippen MR) is 127 cm³/mol. The molecule has 0 N–H and O–H groups in total. The van der Waals surface area contributed by atoms with E-state index in [2.05, 4.69) is 4.98 Å². The molecule has 0 atom stereocenters. The fourth-order valence-corrected chi connectivity index (χ4v) is 5.05. The van der Waals surface area contributed by atoms with Gasteiger partial charge in [-0.1, -0.05) is 18.2 Å². The molecule has 38 heavy (non-hydrogen) atoms. The standard InChI is InChI=1S/C27H17F6N3O2/c1-12-34-23-20(35(12)2)10-17(27(31,32)33)21-15-5-3-4-14-16(11-36(24(14)15)6-7-38-26(21)23)25(37)13-8-18(28)22(30)19(29)9-13/h3-5,8-11H,6-7H2,1-2H3. The van der Waals surface area contributed by atoms with Crippen LogP contribution in [0.2, 0.25) is 0 Å². The highest BCUT2D eigenvalue weighted by Gasteiger charge is 2.39. The van der Waals surface area contributed by atoms with E-state index in [-0.39, 0.29) is 52.0 Å². The molecule has 3 heterocycles. The zero-order chi connectivity index (χ0) is 27.1. The van der Waals surface area contributed by atoms with E-state index in [0.29, 0.717) is 23.5 Å². The Balaban J connectivity index is 1.67. The van der Waals surface area contributed by atoms with Crippen molar-refractivity contribution in [3.8, 4) is 16.9 Å². The number of aromatic nitrogens is 3. The number of alkyl halides is 3. The minimum Gasteiger partial charge on any atom is -0.489 e. The lowest BCUT2D eigenvalue weighted by Crippen LogP contribution is -2.15. The van der Waals surface area contributed by atoms with E-state index in [4.69, 9.17) is 4.74 Å². The second-order valence-electron chi connectivity index (χ2n) is 9.08. The van der Waals surface area contributed by atoms with Gasteiger partial charge in [-0.25, -0.2) is 18.2 Å². The SMILES string of the molecule is Cc1nc2c3c(c(C(F)(F)F)cc2n1C)-c1cccc2c(C(=O)c4cc(F)c(F)c(F)c4)cn(c12)CCO3. The summed E-state index contributed by atoms with van der Waals surface area (Å²) in [5.74, 6) is -5.09. The third kappa shape index (κ3) is 3.41. The largest absolute Gasteiger partial charge is 0.489 e. The van der Waals surface area contributed by atoms with Crippen molar-refractivity contribution in [2.24, 2.45) is 7.05 Å². The zero-order valence-corrected chi connectivity index (χ0v) is 19.9. The number of para-hydroxylation sites is 1. The average Bonchev–Trinajstić information content (AvgIpc) is 3.36. The first-order chi connectivity index (χ1) is 18.0. The number of aryl methyl sites for hydroxylation is 2. The van der Waals surface area contributed by atoms with Crippen molar-refractivity contribution < 1.29 is 35.9 Å². The van der Waals surface area contributed by atoms with E-state index in [1.165, 1.54) is 24.4 Å². The molecule has 5 nitrogen and oxygen atoms in total. The molecule has 0 unspecified atom stereocenters. The van der Waals surface area contributed by atoms with Crippen LogP contribution in [0.5, 0.6) is 5.75 Å².